The fourth-order valence-corrected chi connectivity index (χ4v) is 6.83. The molecule has 3 aromatic rings. The van der Waals surface area contributed by atoms with Crippen molar-refractivity contribution in [2.24, 2.45) is 5.92 Å². The van der Waals surface area contributed by atoms with E-state index in [9.17, 15) is 9.59 Å². The molecule has 2 aromatic heterocycles. The first kappa shape index (κ1) is 24.5. The van der Waals surface area contributed by atoms with E-state index < -0.39 is 0 Å². The van der Waals surface area contributed by atoms with Crippen molar-refractivity contribution in [3.63, 3.8) is 0 Å². The van der Waals surface area contributed by atoms with Crippen LogP contribution in [0.15, 0.2) is 34.2 Å². The smallest absolute Gasteiger partial charge is 0.267 e. The first-order valence-electron chi connectivity index (χ1n) is 12.1. The summed E-state index contributed by atoms with van der Waals surface area (Å²) in [6.07, 6.45) is 0.809. The van der Waals surface area contributed by atoms with Crippen molar-refractivity contribution in [2.45, 2.75) is 57.2 Å². The second-order valence-electron chi connectivity index (χ2n) is 9.55. The Bertz CT molecular complexity index is 1310. The highest BCUT2D eigenvalue weighted by Gasteiger charge is 2.30. The van der Waals surface area contributed by atoms with Crippen LogP contribution in [-0.4, -0.2) is 58.0 Å². The van der Waals surface area contributed by atoms with E-state index in [0.717, 1.165) is 32.9 Å². The zero-order valence-electron chi connectivity index (χ0n) is 20.6. The largest absolute Gasteiger partial charge is 0.378 e. The summed E-state index contributed by atoms with van der Waals surface area (Å²) in [6, 6.07) is 7.88. The number of hydrogen-bond donors (Lipinski definition) is 0. The monoisotopic (exact) mass is 513 g/mol. The molecule has 0 bridgehead atoms. The Hall–Kier alpha value is -2.20. The summed E-state index contributed by atoms with van der Waals surface area (Å²) in [4.78, 5) is 35.8. The minimum atomic E-state index is -0.378. The molecule has 1 amide bonds. The Morgan fingerprint density at radius 2 is 2.00 bits per heavy atom. The number of rotatable bonds is 5. The summed E-state index contributed by atoms with van der Waals surface area (Å²) in [6.45, 7) is 11.0. The van der Waals surface area contributed by atoms with E-state index in [1.165, 1.54) is 23.1 Å². The lowest BCUT2D eigenvalue weighted by Gasteiger charge is -2.29. The number of ether oxygens (including phenoxy) is 2. The molecule has 5 rings (SSSR count). The van der Waals surface area contributed by atoms with Gasteiger partial charge in [0, 0.05) is 24.4 Å². The van der Waals surface area contributed by atoms with Crippen LogP contribution in [0.25, 0.3) is 15.9 Å². The van der Waals surface area contributed by atoms with Crippen LogP contribution in [0.5, 0.6) is 0 Å². The number of fused-ring (bicyclic) bond motifs is 3. The molecule has 0 spiro atoms. The van der Waals surface area contributed by atoms with Gasteiger partial charge in [-0.1, -0.05) is 37.7 Å². The maximum Gasteiger partial charge on any atom is 0.267 e. The highest BCUT2D eigenvalue weighted by molar-refractivity contribution is 8.00. The normalized spacial score (nSPS) is 19.2. The van der Waals surface area contributed by atoms with Gasteiger partial charge >= 0.3 is 0 Å². The van der Waals surface area contributed by atoms with Gasteiger partial charge < -0.3 is 14.4 Å². The van der Waals surface area contributed by atoms with Gasteiger partial charge in [0.25, 0.3) is 5.56 Å². The third-order valence-corrected chi connectivity index (χ3v) is 8.81. The lowest BCUT2D eigenvalue weighted by atomic mass is 9.96. The van der Waals surface area contributed by atoms with Gasteiger partial charge in [-0.15, -0.1) is 11.3 Å². The fourth-order valence-electron chi connectivity index (χ4n) is 4.66. The second kappa shape index (κ2) is 10.0. The molecule has 35 heavy (non-hydrogen) atoms. The van der Waals surface area contributed by atoms with E-state index in [1.807, 2.05) is 43.0 Å². The topological polar surface area (TPSA) is 73.7 Å². The van der Waals surface area contributed by atoms with Gasteiger partial charge in [-0.05, 0) is 43.0 Å². The molecule has 7 nitrogen and oxygen atoms in total. The molecule has 2 atom stereocenters. The number of amides is 1. The summed E-state index contributed by atoms with van der Waals surface area (Å²) in [5, 5.41) is 0.857. The number of carbonyl (C=O) groups excluding carboxylic acids is 1. The zero-order chi connectivity index (χ0) is 24.7. The molecule has 1 fully saturated rings. The van der Waals surface area contributed by atoms with E-state index in [-0.39, 0.29) is 22.8 Å². The quantitative estimate of drug-likeness (QED) is 0.376. The van der Waals surface area contributed by atoms with Gasteiger partial charge in [-0.25, -0.2) is 4.98 Å². The van der Waals surface area contributed by atoms with Crippen LogP contribution in [0.1, 0.15) is 36.8 Å². The van der Waals surface area contributed by atoms with E-state index in [2.05, 4.69) is 13.8 Å². The Kier molecular flexibility index (Phi) is 7.03. The van der Waals surface area contributed by atoms with Crippen LogP contribution in [0.2, 0.25) is 0 Å². The zero-order valence-corrected chi connectivity index (χ0v) is 22.2. The maximum absolute atomic E-state index is 14.1. The van der Waals surface area contributed by atoms with Gasteiger partial charge in [0.2, 0.25) is 5.91 Å². The molecule has 2 unspecified atom stereocenters. The van der Waals surface area contributed by atoms with Crippen molar-refractivity contribution < 1.29 is 14.3 Å². The summed E-state index contributed by atoms with van der Waals surface area (Å²) in [5.74, 6) is 0.411. The molecule has 9 heteroatoms. The molecular formula is C26H31N3O4S2. The fraction of sp³-hybridized carbons (Fsp3) is 0.500. The van der Waals surface area contributed by atoms with Gasteiger partial charge in [0.15, 0.2) is 5.16 Å². The lowest BCUT2D eigenvalue weighted by Crippen LogP contribution is -2.44. The third-order valence-electron chi connectivity index (χ3n) is 6.67. The standard InChI is InChI=1S/C26H31N3O4S2/c1-15(2)20-13-19-21(14-33-20)35-23-22(19)25(31)29(18-7-5-6-16(3)12-18)26(27-23)34-17(4)24(30)28-8-10-32-11-9-28/h5-7,12,15,17,20H,8-11,13-14H2,1-4H3. The van der Waals surface area contributed by atoms with Crippen molar-refractivity contribution in [2.75, 3.05) is 26.3 Å². The summed E-state index contributed by atoms with van der Waals surface area (Å²) in [7, 11) is 0. The predicted molar refractivity (Wildman–Crippen MR) is 140 cm³/mol. The van der Waals surface area contributed by atoms with Crippen molar-refractivity contribution in [1.29, 1.82) is 0 Å². The van der Waals surface area contributed by atoms with Crippen LogP contribution in [0, 0.1) is 12.8 Å². The van der Waals surface area contributed by atoms with Crippen LogP contribution >= 0.6 is 23.1 Å². The SMILES string of the molecule is Cc1cccc(-n2c(SC(C)C(=O)N3CCOCC3)nc3sc4c(c3c2=O)CC(C(C)C)OC4)c1. The van der Waals surface area contributed by atoms with Crippen molar-refractivity contribution >= 4 is 39.2 Å². The number of morpholine rings is 1. The summed E-state index contributed by atoms with van der Waals surface area (Å²) >= 11 is 2.89. The molecule has 186 valence electrons. The maximum atomic E-state index is 14.1. The predicted octanol–water partition coefficient (Wildman–Crippen LogP) is 4.19. The van der Waals surface area contributed by atoms with Crippen molar-refractivity contribution in [1.82, 2.24) is 14.5 Å². The number of aromatic nitrogens is 2. The Balaban J connectivity index is 1.61. The molecule has 0 N–H and O–H groups in total. The van der Waals surface area contributed by atoms with E-state index >= 15 is 0 Å². The average molecular weight is 514 g/mol. The Morgan fingerprint density at radius 3 is 2.71 bits per heavy atom. The van der Waals surface area contributed by atoms with Gasteiger partial charge in [-0.2, -0.15) is 0 Å². The number of thioether (sulfide) groups is 1. The number of carbonyl (C=O) groups is 1. The van der Waals surface area contributed by atoms with Gasteiger partial charge in [0.1, 0.15) is 4.83 Å². The van der Waals surface area contributed by atoms with E-state index in [1.54, 1.807) is 4.57 Å². The second-order valence-corrected chi connectivity index (χ2v) is 11.9. The summed E-state index contributed by atoms with van der Waals surface area (Å²) in [5.41, 5.74) is 2.83. The molecule has 1 aromatic carbocycles. The number of aryl methyl sites for hydroxylation is 1. The molecule has 2 aliphatic rings. The first-order valence-corrected chi connectivity index (χ1v) is 13.8. The number of thiophene rings is 1. The van der Waals surface area contributed by atoms with Gasteiger partial charge in [0.05, 0.1) is 42.2 Å². The van der Waals surface area contributed by atoms with Crippen molar-refractivity contribution in [3.05, 3.63) is 50.6 Å². The first-order chi connectivity index (χ1) is 16.8. The van der Waals surface area contributed by atoms with Crippen LogP contribution < -0.4 is 5.56 Å². The highest BCUT2D eigenvalue weighted by atomic mass is 32.2. The number of hydrogen-bond acceptors (Lipinski definition) is 7. The van der Waals surface area contributed by atoms with Crippen molar-refractivity contribution in [3.8, 4) is 5.69 Å². The highest BCUT2D eigenvalue weighted by Crippen LogP contribution is 2.37. The van der Waals surface area contributed by atoms with E-state index in [4.69, 9.17) is 14.5 Å². The van der Waals surface area contributed by atoms with E-state index in [0.29, 0.717) is 49.4 Å². The lowest BCUT2D eigenvalue weighted by molar-refractivity contribution is -0.134. The molecule has 1 saturated heterocycles. The summed E-state index contributed by atoms with van der Waals surface area (Å²) < 4.78 is 13.2. The molecule has 0 saturated carbocycles. The Labute approximate surface area is 213 Å². The van der Waals surface area contributed by atoms with Gasteiger partial charge in [-0.3, -0.25) is 14.2 Å². The number of nitrogens with zero attached hydrogens (tertiary/aromatic N) is 3. The van der Waals surface area contributed by atoms with Crippen LogP contribution in [0.3, 0.4) is 0 Å². The minimum Gasteiger partial charge on any atom is -0.378 e. The molecule has 0 aliphatic carbocycles. The minimum absolute atomic E-state index is 0.0436. The molecule has 0 radical (unpaired) electrons. The third kappa shape index (κ3) is 4.79. The number of benzene rings is 1. The van der Waals surface area contributed by atoms with Crippen LogP contribution in [-0.2, 0) is 27.3 Å². The average Bonchev–Trinajstić information content (AvgIpc) is 3.22. The molecular weight excluding hydrogens is 482 g/mol. The Morgan fingerprint density at radius 1 is 1.23 bits per heavy atom. The molecule has 2 aliphatic heterocycles. The van der Waals surface area contributed by atoms with Crippen LogP contribution in [0.4, 0.5) is 0 Å². The molecule has 4 heterocycles.